The zero-order chi connectivity index (χ0) is 18.1. The number of phenols is 1. The molecule has 1 unspecified atom stereocenters. The number of carbonyl (C=O) groups excluding carboxylic acids is 1. The molecule has 2 aromatic carbocycles. The van der Waals surface area contributed by atoms with E-state index < -0.39 is 0 Å². The summed E-state index contributed by atoms with van der Waals surface area (Å²) < 4.78 is 0. The van der Waals surface area contributed by atoms with Gasteiger partial charge >= 0.3 is 0 Å². The molecule has 0 saturated carbocycles. The van der Waals surface area contributed by atoms with Crippen molar-refractivity contribution in [1.29, 1.82) is 0 Å². The van der Waals surface area contributed by atoms with E-state index in [0.717, 1.165) is 24.8 Å². The van der Waals surface area contributed by atoms with Crippen LogP contribution in [0.5, 0.6) is 5.75 Å². The van der Waals surface area contributed by atoms with Crippen LogP contribution in [0.3, 0.4) is 0 Å². The predicted molar refractivity (Wildman–Crippen MR) is 105 cm³/mol. The summed E-state index contributed by atoms with van der Waals surface area (Å²) in [5.74, 6) is 0.626. The van der Waals surface area contributed by atoms with Crippen LogP contribution in [0.25, 0.3) is 5.57 Å². The molecule has 0 heterocycles. The molecular formula is C24H26O2. The van der Waals surface area contributed by atoms with Crippen LogP contribution in [-0.2, 0) is 17.6 Å². The lowest BCUT2D eigenvalue weighted by atomic mass is 9.66. The lowest BCUT2D eigenvalue weighted by Gasteiger charge is -2.36. The number of Topliss-reactive ketones (excluding diaryl/α,β-unsaturated/α-hetero) is 1. The fourth-order valence-electron chi connectivity index (χ4n) is 4.89. The number of unbranched alkanes of at least 4 members (excludes halogenated alkanes) is 1. The Labute approximate surface area is 155 Å². The van der Waals surface area contributed by atoms with Crippen molar-refractivity contribution in [2.45, 2.75) is 51.9 Å². The van der Waals surface area contributed by atoms with Gasteiger partial charge in [0.15, 0.2) is 5.78 Å². The molecule has 1 atom stereocenters. The monoisotopic (exact) mass is 346 g/mol. The highest BCUT2D eigenvalue weighted by molar-refractivity contribution is 6.07. The largest absolute Gasteiger partial charge is 0.508 e. The van der Waals surface area contributed by atoms with Crippen molar-refractivity contribution in [3.63, 3.8) is 0 Å². The summed E-state index contributed by atoms with van der Waals surface area (Å²) >= 11 is 0. The Bertz CT molecular complexity index is 863. The van der Waals surface area contributed by atoms with Crippen LogP contribution >= 0.6 is 0 Å². The third-order valence-electron chi connectivity index (χ3n) is 6.12. The summed E-state index contributed by atoms with van der Waals surface area (Å²) in [6, 6.07) is 16.0. The van der Waals surface area contributed by atoms with Crippen LogP contribution in [0.1, 0.15) is 55.7 Å². The standard InChI is InChI=1S/C24H26O2/c1-2-3-12-24-13-11-22(26)21(14-17-7-5-4-6-8-17)23(24)20-10-9-19(25)15-18(20)16-24/h4-10,15,25H,2-3,11-14,16H2,1H3. The van der Waals surface area contributed by atoms with E-state index in [1.165, 1.54) is 35.1 Å². The smallest absolute Gasteiger partial charge is 0.159 e. The summed E-state index contributed by atoms with van der Waals surface area (Å²) in [6.45, 7) is 2.23. The van der Waals surface area contributed by atoms with Gasteiger partial charge in [-0.25, -0.2) is 0 Å². The molecule has 2 aliphatic carbocycles. The number of ketones is 1. The second-order valence-corrected chi connectivity index (χ2v) is 7.84. The van der Waals surface area contributed by atoms with Gasteiger partial charge in [-0.05, 0) is 53.7 Å². The van der Waals surface area contributed by atoms with Gasteiger partial charge in [0.25, 0.3) is 0 Å². The summed E-state index contributed by atoms with van der Waals surface area (Å²) in [6.07, 6.45) is 6.72. The molecule has 0 bridgehead atoms. The Morgan fingerprint density at radius 2 is 1.92 bits per heavy atom. The van der Waals surface area contributed by atoms with Gasteiger partial charge in [-0.2, -0.15) is 0 Å². The van der Waals surface area contributed by atoms with Gasteiger partial charge in [0.2, 0.25) is 0 Å². The molecule has 2 nitrogen and oxygen atoms in total. The molecule has 2 aromatic rings. The van der Waals surface area contributed by atoms with E-state index in [1.807, 2.05) is 30.3 Å². The van der Waals surface area contributed by atoms with Crippen molar-refractivity contribution >= 4 is 11.4 Å². The molecule has 0 fully saturated rings. The first-order chi connectivity index (χ1) is 12.6. The number of allylic oxidation sites excluding steroid dienone is 2. The van der Waals surface area contributed by atoms with Gasteiger partial charge in [0.05, 0.1) is 0 Å². The van der Waals surface area contributed by atoms with Crippen LogP contribution in [0.2, 0.25) is 0 Å². The van der Waals surface area contributed by atoms with Gasteiger partial charge in [0.1, 0.15) is 5.75 Å². The molecule has 0 saturated heterocycles. The fraction of sp³-hybridized carbons (Fsp3) is 0.375. The Kier molecular flexibility index (Phi) is 4.44. The number of carbonyl (C=O) groups is 1. The van der Waals surface area contributed by atoms with Crippen LogP contribution in [0, 0.1) is 5.41 Å². The first-order valence-electron chi connectivity index (χ1n) is 9.76. The third kappa shape index (κ3) is 2.88. The van der Waals surface area contributed by atoms with E-state index in [1.54, 1.807) is 6.07 Å². The minimum Gasteiger partial charge on any atom is -0.508 e. The van der Waals surface area contributed by atoms with Gasteiger partial charge in [-0.15, -0.1) is 0 Å². The van der Waals surface area contributed by atoms with Crippen molar-refractivity contribution < 1.29 is 9.90 Å². The van der Waals surface area contributed by atoms with E-state index in [9.17, 15) is 9.90 Å². The Morgan fingerprint density at radius 3 is 2.69 bits per heavy atom. The topological polar surface area (TPSA) is 37.3 Å². The maximum atomic E-state index is 12.9. The zero-order valence-electron chi connectivity index (χ0n) is 15.4. The average molecular weight is 346 g/mol. The van der Waals surface area contributed by atoms with Crippen molar-refractivity contribution in [3.05, 3.63) is 70.8 Å². The summed E-state index contributed by atoms with van der Waals surface area (Å²) in [7, 11) is 0. The molecule has 2 aliphatic rings. The van der Waals surface area contributed by atoms with Gasteiger partial charge in [-0.1, -0.05) is 56.2 Å². The molecule has 0 aromatic heterocycles. The third-order valence-corrected chi connectivity index (χ3v) is 6.12. The molecule has 2 heteroatoms. The molecule has 0 aliphatic heterocycles. The fourth-order valence-corrected chi connectivity index (χ4v) is 4.89. The van der Waals surface area contributed by atoms with Crippen molar-refractivity contribution in [2.75, 3.05) is 0 Å². The number of fused-ring (bicyclic) bond motifs is 3. The number of hydrogen-bond donors (Lipinski definition) is 1. The summed E-state index contributed by atoms with van der Waals surface area (Å²) in [4.78, 5) is 12.9. The van der Waals surface area contributed by atoms with Gasteiger partial charge in [-0.3, -0.25) is 4.79 Å². The maximum Gasteiger partial charge on any atom is 0.159 e. The minimum absolute atomic E-state index is 0.0736. The highest BCUT2D eigenvalue weighted by Gasteiger charge is 2.46. The summed E-state index contributed by atoms with van der Waals surface area (Å²) in [5.41, 5.74) is 5.95. The second kappa shape index (κ2) is 6.75. The van der Waals surface area contributed by atoms with E-state index in [-0.39, 0.29) is 5.41 Å². The van der Waals surface area contributed by atoms with Crippen LogP contribution in [0.15, 0.2) is 54.1 Å². The lowest BCUT2D eigenvalue weighted by Crippen LogP contribution is -2.29. The molecule has 1 N–H and O–H groups in total. The van der Waals surface area contributed by atoms with E-state index in [0.29, 0.717) is 24.4 Å². The van der Waals surface area contributed by atoms with E-state index >= 15 is 0 Å². The SMILES string of the molecule is CCCCC12CCC(=O)C(Cc3ccccc3)=C1c1ccc(O)cc1C2. The zero-order valence-corrected chi connectivity index (χ0v) is 15.4. The van der Waals surface area contributed by atoms with Crippen molar-refractivity contribution in [3.8, 4) is 5.75 Å². The normalized spacial score (nSPS) is 21.7. The first kappa shape index (κ1) is 17.1. The first-order valence-corrected chi connectivity index (χ1v) is 9.76. The second-order valence-electron chi connectivity index (χ2n) is 7.84. The van der Waals surface area contributed by atoms with Gasteiger partial charge in [0, 0.05) is 23.8 Å². The number of benzene rings is 2. The Morgan fingerprint density at radius 1 is 1.12 bits per heavy atom. The van der Waals surface area contributed by atoms with Crippen LogP contribution in [0.4, 0.5) is 0 Å². The molecule has 0 spiro atoms. The number of phenolic OH excluding ortho intramolecular Hbond substituents is 1. The molecule has 0 amide bonds. The quantitative estimate of drug-likeness (QED) is 0.778. The lowest BCUT2D eigenvalue weighted by molar-refractivity contribution is -0.116. The highest BCUT2D eigenvalue weighted by atomic mass is 16.3. The molecular weight excluding hydrogens is 320 g/mol. The number of aromatic hydroxyl groups is 1. The highest BCUT2D eigenvalue weighted by Crippen LogP contribution is 2.57. The number of rotatable bonds is 5. The summed E-state index contributed by atoms with van der Waals surface area (Å²) in [5, 5.41) is 9.96. The van der Waals surface area contributed by atoms with Crippen molar-refractivity contribution in [1.82, 2.24) is 0 Å². The van der Waals surface area contributed by atoms with Crippen LogP contribution in [-0.4, -0.2) is 10.9 Å². The number of hydrogen-bond acceptors (Lipinski definition) is 2. The molecule has 134 valence electrons. The maximum absolute atomic E-state index is 12.9. The van der Waals surface area contributed by atoms with Crippen molar-refractivity contribution in [2.24, 2.45) is 5.41 Å². The molecule has 26 heavy (non-hydrogen) atoms. The molecule has 0 radical (unpaired) electrons. The molecule has 4 rings (SSSR count). The predicted octanol–water partition coefficient (Wildman–Crippen LogP) is 5.48. The van der Waals surface area contributed by atoms with Gasteiger partial charge < -0.3 is 5.11 Å². The average Bonchev–Trinajstić information content (AvgIpc) is 2.97. The van der Waals surface area contributed by atoms with E-state index in [2.05, 4.69) is 19.1 Å². The Hall–Kier alpha value is -2.35. The van der Waals surface area contributed by atoms with E-state index in [4.69, 9.17) is 0 Å². The van der Waals surface area contributed by atoms with Crippen LogP contribution < -0.4 is 0 Å². The minimum atomic E-state index is 0.0736. The Balaban J connectivity index is 1.87.